The van der Waals surface area contributed by atoms with Gasteiger partial charge in [-0.15, -0.1) is 0 Å². The fourth-order valence-electron chi connectivity index (χ4n) is 3.91. The van der Waals surface area contributed by atoms with Crippen LogP contribution in [-0.4, -0.2) is 50.7 Å². The number of nitrogens with one attached hydrogen (secondary N) is 2. The van der Waals surface area contributed by atoms with Crippen molar-refractivity contribution >= 4 is 27.5 Å². The van der Waals surface area contributed by atoms with E-state index < -0.39 is 22.0 Å². The Morgan fingerprint density at radius 2 is 1.89 bits per heavy atom. The summed E-state index contributed by atoms with van der Waals surface area (Å²) in [5.41, 5.74) is 3.17. The standard InChI is InChI=1S/C26H32FN3O5S.C2H6/c1-17(2)35-13-10-28-16-18-4-6-21(23(27)14-18)19-5-7-22-20(15-19)8-11-30(26(22)32)12-9-24(36(3)34)25(31)29-33;1-2/h4-8,11,14-15,17,24,28,33H,9-10,12-13,16H2,1-3H3,(H,29,31);1-2H3. The van der Waals surface area contributed by atoms with E-state index in [9.17, 15) is 18.2 Å². The Morgan fingerprint density at radius 1 is 1.16 bits per heavy atom. The number of hydrogen-bond acceptors (Lipinski definition) is 6. The van der Waals surface area contributed by atoms with Crippen LogP contribution < -0.4 is 16.4 Å². The fourth-order valence-corrected chi connectivity index (χ4v) is 4.70. The highest BCUT2D eigenvalue weighted by Gasteiger charge is 2.22. The lowest BCUT2D eigenvalue weighted by Crippen LogP contribution is -2.36. The van der Waals surface area contributed by atoms with Crippen molar-refractivity contribution in [3.63, 3.8) is 0 Å². The molecule has 0 bridgehead atoms. The summed E-state index contributed by atoms with van der Waals surface area (Å²) >= 11 is 0. The lowest BCUT2D eigenvalue weighted by atomic mass is 10.00. The second kappa shape index (κ2) is 15.5. The zero-order valence-corrected chi connectivity index (χ0v) is 23.4. The van der Waals surface area contributed by atoms with E-state index in [1.807, 2.05) is 33.8 Å². The molecule has 208 valence electrons. The highest BCUT2D eigenvalue weighted by Crippen LogP contribution is 2.26. The van der Waals surface area contributed by atoms with E-state index in [2.05, 4.69) is 5.32 Å². The van der Waals surface area contributed by atoms with E-state index in [1.165, 1.54) is 22.4 Å². The fraction of sp³-hybridized carbons (Fsp3) is 0.429. The monoisotopic (exact) mass is 547 g/mol. The Labute approximate surface area is 225 Å². The number of carbonyl (C=O) groups excluding carboxylic acids is 1. The molecular formula is C28H38FN3O5S. The third kappa shape index (κ3) is 8.56. The van der Waals surface area contributed by atoms with Gasteiger partial charge >= 0.3 is 0 Å². The Morgan fingerprint density at radius 3 is 2.53 bits per heavy atom. The molecule has 8 nitrogen and oxygen atoms in total. The summed E-state index contributed by atoms with van der Waals surface area (Å²) in [5, 5.41) is 12.2. The molecule has 1 heterocycles. The van der Waals surface area contributed by atoms with Gasteiger partial charge in [-0.2, -0.15) is 0 Å². The minimum absolute atomic E-state index is 0.121. The Balaban J connectivity index is 0.00000247. The molecule has 0 radical (unpaired) electrons. The van der Waals surface area contributed by atoms with Gasteiger partial charge in [-0.25, -0.2) is 9.87 Å². The van der Waals surface area contributed by atoms with E-state index in [0.717, 1.165) is 5.56 Å². The van der Waals surface area contributed by atoms with Gasteiger partial charge in [0.1, 0.15) is 11.1 Å². The van der Waals surface area contributed by atoms with E-state index >= 15 is 0 Å². The number of hydroxylamine groups is 1. The van der Waals surface area contributed by atoms with Crippen molar-refractivity contribution in [2.45, 2.75) is 58.6 Å². The molecule has 2 atom stereocenters. The second-order valence-electron chi connectivity index (χ2n) is 8.78. The molecule has 3 rings (SSSR count). The summed E-state index contributed by atoms with van der Waals surface area (Å²) in [6.45, 7) is 9.90. The van der Waals surface area contributed by atoms with Crippen LogP contribution in [0.4, 0.5) is 4.39 Å². The number of benzene rings is 2. The first-order chi connectivity index (χ1) is 18.2. The van der Waals surface area contributed by atoms with Crippen molar-refractivity contribution in [1.29, 1.82) is 0 Å². The predicted octanol–water partition coefficient (Wildman–Crippen LogP) is 3.99. The third-order valence-electron chi connectivity index (χ3n) is 5.82. The van der Waals surface area contributed by atoms with Crippen LogP contribution in [-0.2, 0) is 33.4 Å². The number of aromatic nitrogens is 1. The number of halogens is 1. The molecule has 1 amide bonds. The molecule has 0 aliphatic rings. The van der Waals surface area contributed by atoms with Gasteiger partial charge in [-0.05, 0) is 61.0 Å². The largest absolute Gasteiger partial charge is 0.377 e. The summed E-state index contributed by atoms with van der Waals surface area (Å²) in [6, 6.07) is 12.0. The van der Waals surface area contributed by atoms with Crippen LogP contribution >= 0.6 is 0 Å². The van der Waals surface area contributed by atoms with Gasteiger partial charge in [0.15, 0.2) is 0 Å². The van der Waals surface area contributed by atoms with Crippen LogP contribution in [0.2, 0.25) is 0 Å². The Hall–Kier alpha value is -2.92. The van der Waals surface area contributed by atoms with Crippen LogP contribution in [0.15, 0.2) is 53.5 Å². The quantitative estimate of drug-likeness (QED) is 0.180. The molecule has 0 aliphatic heterocycles. The van der Waals surface area contributed by atoms with Crippen molar-refractivity contribution in [1.82, 2.24) is 15.4 Å². The maximum absolute atomic E-state index is 14.9. The molecule has 38 heavy (non-hydrogen) atoms. The number of carbonyl (C=O) groups is 1. The molecule has 1 aromatic heterocycles. The topological polar surface area (TPSA) is 110 Å². The normalized spacial score (nSPS) is 12.6. The second-order valence-corrected chi connectivity index (χ2v) is 10.3. The van der Waals surface area contributed by atoms with Gasteiger partial charge in [0.05, 0.1) is 12.7 Å². The number of ether oxygens (including phenoxy) is 1. The van der Waals surface area contributed by atoms with Crippen LogP contribution in [0, 0.1) is 5.82 Å². The van der Waals surface area contributed by atoms with Gasteiger partial charge in [-0.1, -0.05) is 32.0 Å². The summed E-state index contributed by atoms with van der Waals surface area (Å²) in [5.74, 6) is -1.10. The lowest BCUT2D eigenvalue weighted by molar-refractivity contribution is -0.128. The van der Waals surface area contributed by atoms with E-state index in [-0.39, 0.29) is 30.4 Å². The highest BCUT2D eigenvalue weighted by molar-refractivity contribution is 7.85. The highest BCUT2D eigenvalue weighted by atomic mass is 32.2. The summed E-state index contributed by atoms with van der Waals surface area (Å²) < 4.78 is 33.6. The predicted molar refractivity (Wildman–Crippen MR) is 150 cm³/mol. The zero-order chi connectivity index (χ0) is 28.2. The van der Waals surface area contributed by atoms with Crippen LogP contribution in [0.5, 0.6) is 0 Å². The van der Waals surface area contributed by atoms with Gasteiger partial charge in [0, 0.05) is 53.8 Å². The molecule has 0 spiro atoms. The summed E-state index contributed by atoms with van der Waals surface area (Å²) in [4.78, 5) is 24.7. The average molecular weight is 548 g/mol. The molecule has 10 heteroatoms. The molecule has 2 aromatic carbocycles. The summed E-state index contributed by atoms with van der Waals surface area (Å²) in [7, 11) is -1.51. The van der Waals surface area contributed by atoms with E-state index in [0.29, 0.717) is 41.6 Å². The van der Waals surface area contributed by atoms with Crippen LogP contribution in [0.1, 0.15) is 39.7 Å². The van der Waals surface area contributed by atoms with Crippen molar-refractivity contribution < 1.29 is 23.3 Å². The maximum Gasteiger partial charge on any atom is 0.259 e. The molecule has 0 fully saturated rings. The number of fused-ring (bicyclic) bond motifs is 1. The third-order valence-corrected chi connectivity index (χ3v) is 7.07. The SMILES string of the molecule is CC.CC(C)OCCNCc1ccc(-c2ccc3c(=O)n(CCC(C(=O)NO)S(C)=O)ccc3c2)c(F)c1. The van der Waals surface area contributed by atoms with Gasteiger partial charge in [-0.3, -0.25) is 19.0 Å². The zero-order valence-electron chi connectivity index (χ0n) is 22.6. The van der Waals surface area contributed by atoms with Crippen molar-refractivity contribution in [2.75, 3.05) is 19.4 Å². The van der Waals surface area contributed by atoms with Crippen molar-refractivity contribution in [3.8, 4) is 11.1 Å². The summed E-state index contributed by atoms with van der Waals surface area (Å²) in [6.07, 6.45) is 3.26. The van der Waals surface area contributed by atoms with Gasteiger partial charge < -0.3 is 14.6 Å². The van der Waals surface area contributed by atoms with Gasteiger partial charge in [0.25, 0.3) is 11.5 Å². The first kappa shape index (κ1) is 31.3. The molecular weight excluding hydrogens is 509 g/mol. The molecule has 0 aliphatic carbocycles. The number of amides is 1. The number of pyridine rings is 1. The molecule has 3 aromatic rings. The maximum atomic E-state index is 14.9. The number of rotatable bonds is 12. The molecule has 0 saturated heterocycles. The lowest BCUT2D eigenvalue weighted by Gasteiger charge is -2.14. The first-order valence-corrected chi connectivity index (χ1v) is 14.3. The van der Waals surface area contributed by atoms with Crippen LogP contribution in [0.25, 0.3) is 21.9 Å². The Bertz CT molecular complexity index is 1300. The molecule has 3 N–H and O–H groups in total. The van der Waals surface area contributed by atoms with Gasteiger partial charge in [0.2, 0.25) is 0 Å². The van der Waals surface area contributed by atoms with E-state index in [1.54, 1.807) is 36.5 Å². The minimum atomic E-state index is -1.51. The number of nitrogens with zero attached hydrogens (tertiary/aromatic N) is 1. The number of aryl methyl sites for hydroxylation is 1. The minimum Gasteiger partial charge on any atom is -0.377 e. The van der Waals surface area contributed by atoms with Crippen molar-refractivity contribution in [2.24, 2.45) is 0 Å². The molecule has 2 unspecified atom stereocenters. The number of hydrogen-bond donors (Lipinski definition) is 3. The Kier molecular flexibility index (Phi) is 12.8. The average Bonchev–Trinajstić information content (AvgIpc) is 2.90. The molecule has 0 saturated carbocycles. The smallest absolute Gasteiger partial charge is 0.259 e. The van der Waals surface area contributed by atoms with Crippen molar-refractivity contribution in [3.05, 3.63) is 70.4 Å². The first-order valence-electron chi connectivity index (χ1n) is 12.7. The van der Waals surface area contributed by atoms with Crippen LogP contribution in [0.3, 0.4) is 0 Å². The van der Waals surface area contributed by atoms with E-state index in [4.69, 9.17) is 9.94 Å².